The molecule has 2 aromatic rings. The highest BCUT2D eigenvalue weighted by atomic mass is 35.5. The minimum atomic E-state index is -0.598. The van der Waals surface area contributed by atoms with Gasteiger partial charge in [0.1, 0.15) is 0 Å². The molecule has 4 nitrogen and oxygen atoms in total. The number of hydrogen-bond donors (Lipinski definition) is 0. The van der Waals surface area contributed by atoms with Gasteiger partial charge in [-0.25, -0.2) is 4.79 Å². The number of hydrogen-bond acceptors (Lipinski definition) is 3. The maximum atomic E-state index is 12.1. The van der Waals surface area contributed by atoms with Gasteiger partial charge in [-0.05, 0) is 32.0 Å². The monoisotopic (exact) mass is 305 g/mol. The normalized spacial score (nSPS) is 10.5. The maximum absolute atomic E-state index is 12.1. The summed E-state index contributed by atoms with van der Waals surface area (Å²) in [7, 11) is 1.89. The van der Waals surface area contributed by atoms with Crippen molar-refractivity contribution in [2.24, 2.45) is 7.05 Å². The van der Waals surface area contributed by atoms with Crippen molar-refractivity contribution in [2.75, 3.05) is 6.61 Å². The standard InChI is InChI=1S/C16H16ClNO3/c1-10-8-13(11(2)18(10)3)15(19)9-21-16(20)12-6-4-5-7-14(12)17/h4-8H,9H2,1-3H3. The molecule has 0 aliphatic heterocycles. The molecule has 0 aliphatic carbocycles. The number of ether oxygens (including phenoxy) is 1. The minimum absolute atomic E-state index is 0.225. The molecule has 0 fully saturated rings. The number of rotatable bonds is 4. The minimum Gasteiger partial charge on any atom is -0.454 e. The molecule has 5 heteroatoms. The van der Waals surface area contributed by atoms with Crippen molar-refractivity contribution < 1.29 is 14.3 Å². The highest BCUT2D eigenvalue weighted by Gasteiger charge is 2.17. The summed E-state index contributed by atoms with van der Waals surface area (Å²) in [5, 5.41) is 0.307. The van der Waals surface area contributed by atoms with Gasteiger partial charge in [-0.2, -0.15) is 0 Å². The first-order chi connectivity index (χ1) is 9.91. The summed E-state index contributed by atoms with van der Waals surface area (Å²) in [6.45, 7) is 3.48. The smallest absolute Gasteiger partial charge is 0.340 e. The third-order valence-corrected chi connectivity index (χ3v) is 3.83. The van der Waals surface area contributed by atoms with Crippen molar-refractivity contribution in [3.05, 3.63) is 57.9 Å². The van der Waals surface area contributed by atoms with Gasteiger partial charge >= 0.3 is 5.97 Å². The van der Waals surface area contributed by atoms with Crippen molar-refractivity contribution in [2.45, 2.75) is 13.8 Å². The average Bonchev–Trinajstić information content (AvgIpc) is 2.72. The molecule has 0 aliphatic rings. The summed E-state index contributed by atoms with van der Waals surface area (Å²) in [4.78, 5) is 24.0. The molecule has 0 saturated carbocycles. The Morgan fingerprint density at radius 2 is 1.86 bits per heavy atom. The zero-order chi connectivity index (χ0) is 15.6. The fourth-order valence-electron chi connectivity index (χ4n) is 2.05. The molecule has 2 rings (SSSR count). The van der Waals surface area contributed by atoms with Gasteiger partial charge in [0.2, 0.25) is 5.78 Å². The summed E-state index contributed by atoms with van der Waals surface area (Å²) in [5.74, 6) is -0.823. The lowest BCUT2D eigenvalue weighted by Gasteiger charge is -2.06. The number of benzene rings is 1. The quantitative estimate of drug-likeness (QED) is 0.643. The Hall–Kier alpha value is -2.07. The van der Waals surface area contributed by atoms with Gasteiger partial charge in [-0.3, -0.25) is 4.79 Å². The van der Waals surface area contributed by atoms with E-state index < -0.39 is 5.97 Å². The van der Waals surface area contributed by atoms with Gasteiger partial charge in [-0.15, -0.1) is 0 Å². The van der Waals surface area contributed by atoms with Gasteiger partial charge in [0.25, 0.3) is 0 Å². The van der Waals surface area contributed by atoms with E-state index in [1.54, 1.807) is 30.3 Å². The summed E-state index contributed by atoms with van der Waals surface area (Å²) in [5.41, 5.74) is 2.66. The maximum Gasteiger partial charge on any atom is 0.340 e. The van der Waals surface area contributed by atoms with Crippen molar-refractivity contribution >= 4 is 23.4 Å². The summed E-state index contributed by atoms with van der Waals surface area (Å²) < 4.78 is 6.97. The van der Waals surface area contributed by atoms with Gasteiger partial charge in [-0.1, -0.05) is 23.7 Å². The highest BCUT2D eigenvalue weighted by molar-refractivity contribution is 6.33. The van der Waals surface area contributed by atoms with Crippen LogP contribution in [-0.4, -0.2) is 22.9 Å². The lowest BCUT2D eigenvalue weighted by atomic mass is 10.1. The first-order valence-electron chi connectivity index (χ1n) is 6.49. The van der Waals surface area contributed by atoms with E-state index in [1.807, 2.05) is 25.5 Å². The van der Waals surface area contributed by atoms with E-state index in [0.717, 1.165) is 11.4 Å². The van der Waals surface area contributed by atoms with Crippen molar-refractivity contribution in [3.8, 4) is 0 Å². The molecule has 1 aromatic heterocycles. The Balaban J connectivity index is 2.06. The second-order valence-corrected chi connectivity index (χ2v) is 5.23. The molecule has 0 N–H and O–H groups in total. The van der Waals surface area contributed by atoms with Crippen LogP contribution in [0.25, 0.3) is 0 Å². The molecule has 21 heavy (non-hydrogen) atoms. The molecule has 0 saturated heterocycles. The Labute approximate surface area is 128 Å². The van der Waals surface area contributed by atoms with E-state index in [4.69, 9.17) is 16.3 Å². The van der Waals surface area contributed by atoms with E-state index in [9.17, 15) is 9.59 Å². The number of aryl methyl sites for hydroxylation is 1. The van der Waals surface area contributed by atoms with E-state index in [2.05, 4.69) is 0 Å². The lowest BCUT2D eigenvalue weighted by Crippen LogP contribution is -2.15. The highest BCUT2D eigenvalue weighted by Crippen LogP contribution is 2.17. The molecular weight excluding hydrogens is 290 g/mol. The second kappa shape index (κ2) is 6.14. The molecule has 0 bridgehead atoms. The summed E-state index contributed by atoms with van der Waals surface area (Å²) in [6.07, 6.45) is 0. The first-order valence-corrected chi connectivity index (χ1v) is 6.87. The second-order valence-electron chi connectivity index (χ2n) is 4.82. The number of halogens is 1. The molecule has 0 radical (unpaired) electrons. The van der Waals surface area contributed by atoms with E-state index in [0.29, 0.717) is 10.6 Å². The predicted octanol–water partition coefficient (Wildman–Crippen LogP) is 3.34. The SMILES string of the molecule is Cc1cc(C(=O)COC(=O)c2ccccc2Cl)c(C)n1C. The van der Waals surface area contributed by atoms with Crippen LogP contribution >= 0.6 is 11.6 Å². The molecule has 0 atom stereocenters. The van der Waals surface area contributed by atoms with Crippen LogP contribution in [0.5, 0.6) is 0 Å². The van der Waals surface area contributed by atoms with Crippen LogP contribution in [0, 0.1) is 13.8 Å². The van der Waals surface area contributed by atoms with Crippen LogP contribution < -0.4 is 0 Å². The summed E-state index contributed by atoms with van der Waals surface area (Å²) in [6, 6.07) is 8.37. The molecule has 0 unspecified atom stereocenters. The number of Topliss-reactive ketones (excluding diaryl/α,β-unsaturated/α-hetero) is 1. The van der Waals surface area contributed by atoms with Crippen LogP contribution in [0.15, 0.2) is 30.3 Å². The van der Waals surface area contributed by atoms with Gasteiger partial charge in [0, 0.05) is 24.0 Å². The van der Waals surface area contributed by atoms with Crippen molar-refractivity contribution in [3.63, 3.8) is 0 Å². The largest absolute Gasteiger partial charge is 0.454 e. The topological polar surface area (TPSA) is 48.3 Å². The Morgan fingerprint density at radius 3 is 2.43 bits per heavy atom. The average molecular weight is 306 g/mol. The summed E-state index contributed by atoms with van der Waals surface area (Å²) >= 11 is 5.91. The third kappa shape index (κ3) is 3.16. The first kappa shape index (κ1) is 15.3. The van der Waals surface area contributed by atoms with Crippen LogP contribution in [-0.2, 0) is 11.8 Å². The van der Waals surface area contributed by atoms with Crippen LogP contribution in [0.4, 0.5) is 0 Å². The molecule has 1 heterocycles. The number of esters is 1. The third-order valence-electron chi connectivity index (χ3n) is 3.50. The Bertz CT molecular complexity index is 704. The zero-order valence-electron chi connectivity index (χ0n) is 12.1. The van der Waals surface area contributed by atoms with Crippen LogP contribution in [0.1, 0.15) is 32.1 Å². The van der Waals surface area contributed by atoms with Crippen LogP contribution in [0.3, 0.4) is 0 Å². The fraction of sp³-hybridized carbons (Fsp3) is 0.250. The molecule has 110 valence electrons. The van der Waals surface area contributed by atoms with Gasteiger partial charge in [0.15, 0.2) is 6.61 Å². The number of ketones is 1. The number of carbonyl (C=O) groups excluding carboxylic acids is 2. The Kier molecular flexibility index (Phi) is 4.48. The molecule has 1 aromatic carbocycles. The zero-order valence-corrected chi connectivity index (χ0v) is 12.9. The van der Waals surface area contributed by atoms with E-state index in [1.165, 1.54) is 0 Å². The molecule has 0 spiro atoms. The number of carbonyl (C=O) groups is 2. The molecule has 0 amide bonds. The van der Waals surface area contributed by atoms with E-state index in [-0.39, 0.29) is 18.0 Å². The fourth-order valence-corrected chi connectivity index (χ4v) is 2.26. The van der Waals surface area contributed by atoms with Gasteiger partial charge < -0.3 is 9.30 Å². The van der Waals surface area contributed by atoms with Crippen LogP contribution in [0.2, 0.25) is 5.02 Å². The van der Waals surface area contributed by atoms with Crippen molar-refractivity contribution in [1.29, 1.82) is 0 Å². The Morgan fingerprint density at radius 1 is 1.19 bits per heavy atom. The molecular formula is C16H16ClNO3. The predicted molar refractivity (Wildman–Crippen MR) is 81.0 cm³/mol. The van der Waals surface area contributed by atoms with Gasteiger partial charge in [0.05, 0.1) is 10.6 Å². The van der Waals surface area contributed by atoms with E-state index >= 15 is 0 Å². The lowest BCUT2D eigenvalue weighted by molar-refractivity contribution is 0.0474. The van der Waals surface area contributed by atoms with Crippen molar-refractivity contribution in [1.82, 2.24) is 4.57 Å². The number of aromatic nitrogens is 1. The number of nitrogens with zero attached hydrogens (tertiary/aromatic N) is 1.